The summed E-state index contributed by atoms with van der Waals surface area (Å²) in [4.78, 5) is 0. The standard InChI is InChI=1S/C18H34/c1-3-4-16-9-11-18(12-10-16)14-13-17-7-5-15(2)6-8-17/h15-18H,3-14H2,1-2H3. The van der Waals surface area contributed by atoms with Gasteiger partial charge in [-0.05, 0) is 23.7 Å². The first-order valence-corrected chi connectivity index (χ1v) is 8.78. The van der Waals surface area contributed by atoms with Crippen molar-refractivity contribution in [2.75, 3.05) is 0 Å². The minimum Gasteiger partial charge on any atom is -0.0654 e. The fraction of sp³-hybridized carbons (Fsp3) is 1.00. The first kappa shape index (κ1) is 14.4. The summed E-state index contributed by atoms with van der Waals surface area (Å²) in [5.41, 5.74) is 0. The van der Waals surface area contributed by atoms with Gasteiger partial charge in [-0.15, -0.1) is 0 Å². The molecule has 0 aromatic carbocycles. The molecule has 18 heavy (non-hydrogen) atoms. The Balaban J connectivity index is 1.57. The summed E-state index contributed by atoms with van der Waals surface area (Å²) in [7, 11) is 0. The zero-order valence-corrected chi connectivity index (χ0v) is 12.8. The molecular weight excluding hydrogens is 216 g/mol. The van der Waals surface area contributed by atoms with Gasteiger partial charge in [-0.25, -0.2) is 0 Å². The summed E-state index contributed by atoms with van der Waals surface area (Å²) in [5, 5.41) is 0. The minimum absolute atomic E-state index is 1.02. The Kier molecular flexibility index (Phi) is 6.05. The SMILES string of the molecule is CCCC1CCC(CCC2CCC(C)CC2)CC1. The van der Waals surface area contributed by atoms with E-state index >= 15 is 0 Å². The molecule has 0 heteroatoms. The molecule has 106 valence electrons. The molecule has 0 spiro atoms. The highest BCUT2D eigenvalue weighted by Crippen LogP contribution is 2.37. The second-order valence-corrected chi connectivity index (χ2v) is 7.38. The van der Waals surface area contributed by atoms with Crippen LogP contribution in [0, 0.1) is 23.7 Å². The monoisotopic (exact) mass is 250 g/mol. The van der Waals surface area contributed by atoms with Gasteiger partial charge in [-0.1, -0.05) is 90.9 Å². The van der Waals surface area contributed by atoms with Crippen LogP contribution in [0.2, 0.25) is 0 Å². The first-order valence-electron chi connectivity index (χ1n) is 8.78. The summed E-state index contributed by atoms with van der Waals surface area (Å²) in [6, 6.07) is 0. The predicted octanol–water partition coefficient (Wildman–Crippen LogP) is 6.20. The van der Waals surface area contributed by atoms with Crippen molar-refractivity contribution in [3.05, 3.63) is 0 Å². The van der Waals surface area contributed by atoms with E-state index in [9.17, 15) is 0 Å². The molecule has 2 fully saturated rings. The fourth-order valence-electron chi connectivity index (χ4n) is 4.31. The average Bonchev–Trinajstić information content (AvgIpc) is 2.40. The lowest BCUT2D eigenvalue weighted by atomic mass is 9.75. The Labute approximate surface area is 115 Å². The predicted molar refractivity (Wildman–Crippen MR) is 80.7 cm³/mol. The maximum absolute atomic E-state index is 2.44. The molecule has 0 aromatic rings. The molecule has 0 N–H and O–H groups in total. The lowest BCUT2D eigenvalue weighted by molar-refractivity contribution is 0.217. The molecule has 2 rings (SSSR count). The first-order chi connectivity index (χ1) is 8.78. The Morgan fingerprint density at radius 2 is 1.00 bits per heavy atom. The fourth-order valence-corrected chi connectivity index (χ4v) is 4.31. The minimum atomic E-state index is 1.02. The average molecular weight is 250 g/mol. The van der Waals surface area contributed by atoms with Crippen molar-refractivity contribution >= 4 is 0 Å². The number of hydrogen-bond acceptors (Lipinski definition) is 0. The van der Waals surface area contributed by atoms with Gasteiger partial charge in [0.1, 0.15) is 0 Å². The van der Waals surface area contributed by atoms with Crippen LogP contribution in [-0.2, 0) is 0 Å². The molecule has 0 radical (unpaired) electrons. The van der Waals surface area contributed by atoms with Crippen LogP contribution in [0.25, 0.3) is 0 Å². The Morgan fingerprint density at radius 1 is 0.611 bits per heavy atom. The molecule has 0 aromatic heterocycles. The topological polar surface area (TPSA) is 0 Å². The lowest BCUT2D eigenvalue weighted by Crippen LogP contribution is -2.17. The van der Waals surface area contributed by atoms with Crippen molar-refractivity contribution in [3.8, 4) is 0 Å². The van der Waals surface area contributed by atoms with Gasteiger partial charge in [0.05, 0.1) is 0 Å². The molecule has 0 saturated heterocycles. The molecule has 2 aliphatic rings. The maximum atomic E-state index is 2.44. The third kappa shape index (κ3) is 4.59. The molecule has 0 heterocycles. The summed E-state index contributed by atoms with van der Waals surface area (Å²) in [6.07, 6.45) is 18.3. The zero-order valence-electron chi connectivity index (χ0n) is 12.8. The van der Waals surface area contributed by atoms with Gasteiger partial charge in [0.2, 0.25) is 0 Å². The second kappa shape index (κ2) is 7.56. The highest BCUT2D eigenvalue weighted by Gasteiger charge is 2.23. The van der Waals surface area contributed by atoms with E-state index in [0.717, 1.165) is 23.7 Å². The molecule has 0 nitrogen and oxygen atoms in total. The van der Waals surface area contributed by atoms with Crippen LogP contribution in [0.1, 0.15) is 90.9 Å². The van der Waals surface area contributed by atoms with Gasteiger partial charge < -0.3 is 0 Å². The van der Waals surface area contributed by atoms with Gasteiger partial charge in [-0.3, -0.25) is 0 Å². The van der Waals surface area contributed by atoms with E-state index < -0.39 is 0 Å². The van der Waals surface area contributed by atoms with E-state index in [0.29, 0.717) is 0 Å². The van der Waals surface area contributed by atoms with Crippen LogP contribution in [0.4, 0.5) is 0 Å². The molecule has 0 unspecified atom stereocenters. The van der Waals surface area contributed by atoms with Crippen LogP contribution >= 0.6 is 0 Å². The van der Waals surface area contributed by atoms with Crippen molar-refractivity contribution in [2.24, 2.45) is 23.7 Å². The number of rotatable bonds is 5. The summed E-state index contributed by atoms with van der Waals surface area (Å²) >= 11 is 0. The number of hydrogen-bond donors (Lipinski definition) is 0. The van der Waals surface area contributed by atoms with Crippen LogP contribution < -0.4 is 0 Å². The van der Waals surface area contributed by atoms with E-state index in [1.807, 2.05) is 0 Å². The van der Waals surface area contributed by atoms with Crippen molar-refractivity contribution in [2.45, 2.75) is 90.9 Å². The summed E-state index contributed by atoms with van der Waals surface area (Å²) in [6.45, 7) is 4.78. The normalized spacial score (nSPS) is 37.7. The molecule has 0 bridgehead atoms. The van der Waals surface area contributed by atoms with Gasteiger partial charge >= 0.3 is 0 Å². The van der Waals surface area contributed by atoms with E-state index in [4.69, 9.17) is 0 Å². The van der Waals surface area contributed by atoms with Gasteiger partial charge in [0.25, 0.3) is 0 Å². The van der Waals surface area contributed by atoms with E-state index in [2.05, 4.69) is 13.8 Å². The van der Waals surface area contributed by atoms with Crippen LogP contribution in [-0.4, -0.2) is 0 Å². The second-order valence-electron chi connectivity index (χ2n) is 7.38. The van der Waals surface area contributed by atoms with E-state index in [1.54, 1.807) is 38.5 Å². The third-order valence-corrected chi connectivity index (χ3v) is 5.78. The Morgan fingerprint density at radius 3 is 1.44 bits per heavy atom. The largest absolute Gasteiger partial charge is 0.0654 e. The van der Waals surface area contributed by atoms with Crippen molar-refractivity contribution in [3.63, 3.8) is 0 Å². The molecule has 0 amide bonds. The molecule has 0 aliphatic heterocycles. The maximum Gasteiger partial charge on any atom is -0.0414 e. The van der Waals surface area contributed by atoms with Crippen molar-refractivity contribution in [1.82, 2.24) is 0 Å². The van der Waals surface area contributed by atoms with Crippen LogP contribution in [0.15, 0.2) is 0 Å². The summed E-state index contributed by atoms with van der Waals surface area (Å²) < 4.78 is 0. The third-order valence-electron chi connectivity index (χ3n) is 5.78. The quantitative estimate of drug-likeness (QED) is 0.545. The van der Waals surface area contributed by atoms with Crippen LogP contribution in [0.5, 0.6) is 0 Å². The molecule has 0 atom stereocenters. The van der Waals surface area contributed by atoms with E-state index in [1.165, 1.54) is 38.5 Å². The highest BCUT2D eigenvalue weighted by molar-refractivity contribution is 4.75. The van der Waals surface area contributed by atoms with Gasteiger partial charge in [-0.2, -0.15) is 0 Å². The lowest BCUT2D eigenvalue weighted by Gasteiger charge is -2.31. The Bertz CT molecular complexity index is 204. The van der Waals surface area contributed by atoms with Crippen molar-refractivity contribution in [1.29, 1.82) is 0 Å². The smallest absolute Gasteiger partial charge is 0.0414 e. The van der Waals surface area contributed by atoms with Crippen molar-refractivity contribution < 1.29 is 0 Å². The van der Waals surface area contributed by atoms with Gasteiger partial charge in [0.15, 0.2) is 0 Å². The molecular formula is C18H34. The van der Waals surface area contributed by atoms with Gasteiger partial charge in [0, 0.05) is 0 Å². The molecule has 2 aliphatic carbocycles. The summed E-state index contributed by atoms with van der Waals surface area (Å²) in [5.74, 6) is 4.29. The van der Waals surface area contributed by atoms with E-state index in [-0.39, 0.29) is 0 Å². The zero-order chi connectivity index (χ0) is 12.8. The Hall–Kier alpha value is 0. The molecule has 2 saturated carbocycles. The van der Waals surface area contributed by atoms with Crippen LogP contribution in [0.3, 0.4) is 0 Å². The highest BCUT2D eigenvalue weighted by atomic mass is 14.3.